The molecule has 0 heterocycles. The summed E-state index contributed by atoms with van der Waals surface area (Å²) in [6.07, 6.45) is 0. The van der Waals surface area contributed by atoms with Crippen LogP contribution in [0.25, 0.3) is 0 Å². The Morgan fingerprint density at radius 3 is 1.33 bits per heavy atom. The summed E-state index contributed by atoms with van der Waals surface area (Å²) in [7, 11) is -2.87. The second-order valence-corrected chi connectivity index (χ2v) is 0.758. The van der Waals surface area contributed by atoms with Gasteiger partial charge < -0.3 is 0 Å². The molecule has 0 aliphatic carbocycles. The van der Waals surface area contributed by atoms with Crippen LogP contribution >= 0.6 is 8.25 Å². The van der Waals surface area contributed by atoms with Gasteiger partial charge in [-0.3, -0.25) is 0 Å². The van der Waals surface area contributed by atoms with Gasteiger partial charge in [0.1, 0.15) is 0 Å². The van der Waals surface area contributed by atoms with Crippen molar-refractivity contribution in [2.75, 3.05) is 0 Å². The Bertz CT molecular complexity index is 33.8. The molecule has 2 N–H and O–H groups in total. The molecule has 0 unspecified atom stereocenters. The normalized spacial score (nSPS) is 4.33. The smallest absolute Gasteiger partial charge is 0.134 e. The summed E-state index contributed by atoms with van der Waals surface area (Å²) in [6, 6.07) is 0. The molecule has 0 spiro atoms. The van der Waals surface area contributed by atoms with Crippen LogP contribution in [0.5, 0.6) is 0 Å². The Balaban J connectivity index is -0.0000000450. The second kappa shape index (κ2) is 9.24. The largest absolute Gasteiger partial charge is 0.692 e. The summed E-state index contributed by atoms with van der Waals surface area (Å²) in [4.78, 5) is 14.2. The van der Waals surface area contributed by atoms with Crippen LogP contribution in [0.15, 0.2) is 0 Å². The molecule has 0 fully saturated rings. The summed E-state index contributed by atoms with van der Waals surface area (Å²) >= 11 is 0. The summed E-state index contributed by atoms with van der Waals surface area (Å²) in [5, 5.41) is 0. The third kappa shape index (κ3) is 114. The van der Waals surface area contributed by atoms with E-state index < -0.39 is 8.25 Å². The zero-order valence-electron chi connectivity index (χ0n) is 1.75. The molecule has 0 aromatic carbocycles. The molecule has 0 saturated carbocycles. The van der Waals surface area contributed by atoms with Crippen molar-refractivity contribution in [2.45, 2.75) is 0 Å². The van der Waals surface area contributed by atoms with E-state index in [0.29, 0.717) is 0 Å². The van der Waals surface area contributed by atoms with Gasteiger partial charge in [-0.25, -0.2) is 0 Å². The minimum Gasteiger partial charge on any atom is -0.134 e. The van der Waals surface area contributed by atoms with E-state index in [4.69, 9.17) is 14.4 Å². The van der Waals surface area contributed by atoms with Crippen LogP contribution in [0.2, 0.25) is 0 Å². The van der Waals surface area contributed by atoms with E-state index in [9.17, 15) is 0 Å². The summed E-state index contributed by atoms with van der Waals surface area (Å²) in [5.74, 6) is 0. The molecule has 0 amide bonds. The van der Waals surface area contributed by atoms with Gasteiger partial charge in [-0.1, -0.05) is 0 Å². The molecule has 38 valence electrons. The third-order valence-electron chi connectivity index (χ3n) is 0. The predicted octanol–water partition coefficient (Wildman–Crippen LogP) is -3.01. The highest BCUT2D eigenvalue weighted by Gasteiger charge is 1.93. The van der Waals surface area contributed by atoms with Gasteiger partial charge in [-0.15, -0.1) is 9.79 Å². The van der Waals surface area contributed by atoms with Crippen molar-refractivity contribution in [3.8, 4) is 0 Å². The van der Waals surface area contributed by atoms with E-state index >= 15 is 0 Å². The first kappa shape index (κ1) is 15.9. The van der Waals surface area contributed by atoms with Crippen molar-refractivity contribution in [2.24, 2.45) is 0 Å². The van der Waals surface area contributed by atoms with Gasteiger partial charge in [0.2, 0.25) is 0 Å². The lowest BCUT2D eigenvalue weighted by Crippen LogP contribution is -1.38. The predicted molar refractivity (Wildman–Crippen MR) is 33.3 cm³/mol. The van der Waals surface area contributed by atoms with Gasteiger partial charge >= 0.3 is 8.25 Å². The molecule has 0 aliphatic heterocycles. The Morgan fingerprint density at radius 1 is 1.33 bits per heavy atom. The molecule has 3 nitrogen and oxygen atoms in total. The van der Waals surface area contributed by atoms with Gasteiger partial charge in [0.15, 0.2) is 17.4 Å². The zero-order valence-corrected chi connectivity index (χ0v) is 2.64. The first-order chi connectivity index (χ1) is 1.73. The number of hydrogen-bond acceptors (Lipinski definition) is 1. The van der Waals surface area contributed by atoms with Crippen molar-refractivity contribution >= 4 is 36.6 Å². The van der Waals surface area contributed by atoms with Crippen LogP contribution in [0.4, 0.5) is 0 Å². The van der Waals surface area contributed by atoms with Crippen molar-refractivity contribution in [1.29, 1.82) is 0 Å². The topological polar surface area (TPSA) is 57.5 Å². The standard InChI is InChI=1S/Al.HO3P.H4Si.3H/c;1-4(2)3;;;;/h;(H-,1,2,3);1H4;;;/p+1. The molecule has 0 aliphatic rings. The van der Waals surface area contributed by atoms with Crippen LogP contribution in [0.1, 0.15) is 0 Å². The third-order valence-corrected chi connectivity index (χ3v) is 0. The lowest BCUT2D eigenvalue weighted by atomic mass is 15.8. The SMILES string of the molecule is O=[P+](O)O.[AlH3].[SiH4]. The van der Waals surface area contributed by atoms with E-state index in [1.165, 1.54) is 0 Å². The first-order valence-corrected chi connectivity index (χ1v) is 1.75. The van der Waals surface area contributed by atoms with Gasteiger partial charge in [0, 0.05) is 4.57 Å². The molecular formula is H9AlO3PSi+. The average Bonchev–Trinajstić information content (AvgIpc) is 0.811. The first-order valence-electron chi connectivity index (χ1n) is 0.583. The summed E-state index contributed by atoms with van der Waals surface area (Å²) < 4.78 is 8.70. The van der Waals surface area contributed by atoms with E-state index in [-0.39, 0.29) is 28.3 Å². The summed E-state index contributed by atoms with van der Waals surface area (Å²) in [6.45, 7) is 0. The lowest BCUT2D eigenvalue weighted by Gasteiger charge is -1.34. The molecular weight excluding hydrogens is 134 g/mol. The maximum atomic E-state index is 8.70. The Labute approximate surface area is 51.5 Å². The number of rotatable bonds is 0. The monoisotopic (exact) mass is 143 g/mol. The molecule has 0 aromatic heterocycles. The van der Waals surface area contributed by atoms with Crippen LogP contribution < -0.4 is 0 Å². The fourth-order valence-electron chi connectivity index (χ4n) is 0. The second-order valence-electron chi connectivity index (χ2n) is 0.253. The highest BCUT2D eigenvalue weighted by molar-refractivity contribution is 7.30. The number of hydrogen-bond donors (Lipinski definition) is 2. The minimum atomic E-state index is -2.87. The Morgan fingerprint density at radius 2 is 1.33 bits per heavy atom. The fourth-order valence-corrected chi connectivity index (χ4v) is 0. The summed E-state index contributed by atoms with van der Waals surface area (Å²) in [5.41, 5.74) is 0. The molecule has 6 heteroatoms. The van der Waals surface area contributed by atoms with E-state index in [1.807, 2.05) is 0 Å². The molecule has 0 saturated heterocycles. The quantitative estimate of drug-likeness (QED) is 0.280. The van der Waals surface area contributed by atoms with E-state index in [2.05, 4.69) is 0 Å². The van der Waals surface area contributed by atoms with Crippen molar-refractivity contribution in [3.63, 3.8) is 0 Å². The molecule has 0 atom stereocenters. The van der Waals surface area contributed by atoms with Crippen molar-refractivity contribution in [3.05, 3.63) is 0 Å². The molecule has 0 bridgehead atoms. The van der Waals surface area contributed by atoms with E-state index in [0.717, 1.165) is 0 Å². The fraction of sp³-hybridized carbons (Fsp3) is 0. The minimum absolute atomic E-state index is 0. The lowest BCUT2D eigenvalue weighted by molar-refractivity contribution is 0.405. The maximum Gasteiger partial charge on any atom is 0.692 e. The molecule has 0 rings (SSSR count). The highest BCUT2D eigenvalue weighted by atomic mass is 31.1. The Hall–Kier alpha value is 0.769. The van der Waals surface area contributed by atoms with E-state index in [1.54, 1.807) is 0 Å². The molecule has 0 radical (unpaired) electrons. The molecule has 6 heavy (non-hydrogen) atoms. The van der Waals surface area contributed by atoms with Gasteiger partial charge in [0.25, 0.3) is 0 Å². The van der Waals surface area contributed by atoms with Crippen molar-refractivity contribution < 1.29 is 14.4 Å². The molecule has 0 aromatic rings. The van der Waals surface area contributed by atoms with Crippen LogP contribution in [-0.2, 0) is 4.57 Å². The van der Waals surface area contributed by atoms with Gasteiger partial charge in [0.05, 0.1) is 0 Å². The van der Waals surface area contributed by atoms with Crippen LogP contribution in [0, 0.1) is 0 Å². The van der Waals surface area contributed by atoms with Crippen LogP contribution in [0.3, 0.4) is 0 Å². The van der Waals surface area contributed by atoms with Gasteiger partial charge in [-0.05, 0) is 11.0 Å². The van der Waals surface area contributed by atoms with Crippen molar-refractivity contribution in [1.82, 2.24) is 0 Å². The Kier molecular flexibility index (Phi) is 24.4. The maximum absolute atomic E-state index is 8.70. The highest BCUT2D eigenvalue weighted by Crippen LogP contribution is 1.98. The average molecular weight is 143 g/mol. The van der Waals surface area contributed by atoms with Gasteiger partial charge in [-0.2, -0.15) is 0 Å². The van der Waals surface area contributed by atoms with Crippen LogP contribution in [-0.4, -0.2) is 38.1 Å². The zero-order chi connectivity index (χ0) is 3.58.